The second kappa shape index (κ2) is 4.03. The molecule has 0 saturated carbocycles. The molecule has 78 valence electrons. The molecule has 2 rings (SSSR count). The van der Waals surface area contributed by atoms with Crippen LogP contribution in [0.5, 0.6) is 0 Å². The Morgan fingerprint density at radius 1 is 1.20 bits per heavy atom. The number of hydrogen-bond donors (Lipinski definition) is 1. The summed E-state index contributed by atoms with van der Waals surface area (Å²) in [4.78, 5) is 5.11. The zero-order valence-corrected chi connectivity index (χ0v) is 9.71. The van der Waals surface area contributed by atoms with Crippen molar-refractivity contribution in [3.63, 3.8) is 0 Å². The van der Waals surface area contributed by atoms with Crippen LogP contribution in [-0.2, 0) is 0 Å². The van der Waals surface area contributed by atoms with E-state index in [2.05, 4.69) is 43.1 Å². The van der Waals surface area contributed by atoms with Crippen LogP contribution in [-0.4, -0.2) is 4.98 Å². The number of nitrogens with zero attached hydrogens (tertiary/aromatic N) is 1. The number of thiazole rings is 1. The number of benzene rings is 1. The molecular formula is C12H14N2S. The standard InChI is InChI=1S/C12H14N2S/c1-8(2)9-3-5-10(6-4-9)11-12(13)14-7-15-11/h3-8H,13H2,1-2H3. The molecule has 0 aliphatic rings. The van der Waals surface area contributed by atoms with Crippen LogP contribution in [0.25, 0.3) is 10.4 Å². The summed E-state index contributed by atoms with van der Waals surface area (Å²) in [5.41, 5.74) is 10.0. The van der Waals surface area contributed by atoms with E-state index in [-0.39, 0.29) is 0 Å². The molecule has 0 saturated heterocycles. The maximum absolute atomic E-state index is 5.77. The minimum atomic E-state index is 0.567. The smallest absolute Gasteiger partial charge is 0.142 e. The van der Waals surface area contributed by atoms with Crippen LogP contribution >= 0.6 is 11.3 Å². The Labute approximate surface area is 93.8 Å². The largest absolute Gasteiger partial charge is 0.382 e. The maximum Gasteiger partial charge on any atom is 0.142 e. The van der Waals surface area contributed by atoms with Crippen molar-refractivity contribution in [1.29, 1.82) is 0 Å². The Morgan fingerprint density at radius 2 is 1.87 bits per heavy atom. The Morgan fingerprint density at radius 3 is 2.33 bits per heavy atom. The van der Waals surface area contributed by atoms with Gasteiger partial charge in [-0.25, -0.2) is 4.98 Å². The molecule has 1 heterocycles. The van der Waals surface area contributed by atoms with Crippen LogP contribution in [0.4, 0.5) is 5.82 Å². The average molecular weight is 218 g/mol. The Balaban J connectivity index is 2.36. The highest BCUT2D eigenvalue weighted by atomic mass is 32.1. The van der Waals surface area contributed by atoms with Crippen molar-refractivity contribution in [2.24, 2.45) is 0 Å². The molecule has 0 aliphatic carbocycles. The summed E-state index contributed by atoms with van der Waals surface area (Å²) in [5, 5.41) is 0. The van der Waals surface area contributed by atoms with E-state index in [0.29, 0.717) is 11.7 Å². The zero-order chi connectivity index (χ0) is 10.8. The lowest BCUT2D eigenvalue weighted by Crippen LogP contribution is -1.89. The van der Waals surface area contributed by atoms with Gasteiger partial charge < -0.3 is 5.73 Å². The summed E-state index contributed by atoms with van der Waals surface area (Å²) in [6, 6.07) is 8.52. The van der Waals surface area contributed by atoms with Crippen LogP contribution in [0.2, 0.25) is 0 Å². The Bertz CT molecular complexity index is 443. The maximum atomic E-state index is 5.77. The Kier molecular flexibility index (Phi) is 2.73. The lowest BCUT2D eigenvalue weighted by atomic mass is 10.0. The molecule has 0 aliphatic heterocycles. The Hall–Kier alpha value is -1.35. The summed E-state index contributed by atoms with van der Waals surface area (Å²) in [6.45, 7) is 4.38. The topological polar surface area (TPSA) is 38.9 Å². The zero-order valence-electron chi connectivity index (χ0n) is 8.90. The van der Waals surface area contributed by atoms with E-state index in [1.807, 2.05) is 0 Å². The van der Waals surface area contributed by atoms with Crippen molar-refractivity contribution in [2.45, 2.75) is 19.8 Å². The van der Waals surface area contributed by atoms with Gasteiger partial charge >= 0.3 is 0 Å². The molecule has 1 aromatic heterocycles. The summed E-state index contributed by atoms with van der Waals surface area (Å²) in [6.07, 6.45) is 0. The van der Waals surface area contributed by atoms with Gasteiger partial charge in [0.25, 0.3) is 0 Å². The van der Waals surface area contributed by atoms with E-state index in [9.17, 15) is 0 Å². The van der Waals surface area contributed by atoms with Gasteiger partial charge in [0.1, 0.15) is 5.82 Å². The minimum absolute atomic E-state index is 0.567. The lowest BCUT2D eigenvalue weighted by Gasteiger charge is -2.05. The first-order valence-electron chi connectivity index (χ1n) is 4.98. The first-order valence-corrected chi connectivity index (χ1v) is 5.85. The van der Waals surface area contributed by atoms with E-state index in [0.717, 1.165) is 10.4 Å². The molecule has 0 bridgehead atoms. The van der Waals surface area contributed by atoms with Crippen LogP contribution < -0.4 is 5.73 Å². The molecular weight excluding hydrogens is 204 g/mol. The summed E-state index contributed by atoms with van der Waals surface area (Å²) in [7, 11) is 0. The van der Waals surface area contributed by atoms with Gasteiger partial charge in [0.2, 0.25) is 0 Å². The molecule has 0 spiro atoms. The van der Waals surface area contributed by atoms with Crippen molar-refractivity contribution >= 4 is 17.2 Å². The predicted molar refractivity (Wildman–Crippen MR) is 66.1 cm³/mol. The van der Waals surface area contributed by atoms with E-state index in [1.165, 1.54) is 5.56 Å². The molecule has 0 amide bonds. The second-order valence-corrected chi connectivity index (χ2v) is 4.70. The molecule has 1 aromatic carbocycles. The van der Waals surface area contributed by atoms with Crippen LogP contribution in [0, 0.1) is 0 Å². The van der Waals surface area contributed by atoms with Gasteiger partial charge in [-0.3, -0.25) is 0 Å². The number of anilines is 1. The van der Waals surface area contributed by atoms with Crippen molar-refractivity contribution < 1.29 is 0 Å². The van der Waals surface area contributed by atoms with Crippen molar-refractivity contribution in [3.8, 4) is 10.4 Å². The molecule has 2 aromatic rings. The van der Waals surface area contributed by atoms with E-state index in [1.54, 1.807) is 16.8 Å². The fourth-order valence-electron chi connectivity index (χ4n) is 1.49. The highest BCUT2D eigenvalue weighted by Crippen LogP contribution is 2.30. The third-order valence-corrected chi connectivity index (χ3v) is 3.33. The van der Waals surface area contributed by atoms with E-state index >= 15 is 0 Å². The molecule has 2 nitrogen and oxygen atoms in total. The van der Waals surface area contributed by atoms with Gasteiger partial charge in [-0.05, 0) is 17.0 Å². The lowest BCUT2D eigenvalue weighted by molar-refractivity contribution is 0.867. The van der Waals surface area contributed by atoms with Crippen LogP contribution in [0.15, 0.2) is 29.8 Å². The summed E-state index contributed by atoms with van der Waals surface area (Å²) >= 11 is 1.58. The predicted octanol–water partition coefficient (Wildman–Crippen LogP) is 3.52. The van der Waals surface area contributed by atoms with E-state index < -0.39 is 0 Å². The number of hydrogen-bond acceptors (Lipinski definition) is 3. The molecule has 0 unspecified atom stereocenters. The SMILES string of the molecule is CC(C)c1ccc(-c2scnc2N)cc1. The van der Waals surface area contributed by atoms with Gasteiger partial charge in [-0.1, -0.05) is 38.1 Å². The third kappa shape index (κ3) is 2.02. The molecule has 0 fully saturated rings. The highest BCUT2D eigenvalue weighted by Gasteiger charge is 2.05. The first-order chi connectivity index (χ1) is 7.18. The third-order valence-electron chi connectivity index (χ3n) is 2.43. The number of nitrogens with two attached hydrogens (primary N) is 1. The van der Waals surface area contributed by atoms with E-state index in [4.69, 9.17) is 5.73 Å². The number of aromatic nitrogens is 1. The van der Waals surface area contributed by atoms with Gasteiger partial charge in [-0.15, -0.1) is 11.3 Å². The summed E-state index contributed by atoms with van der Waals surface area (Å²) < 4.78 is 0. The fourth-order valence-corrected chi connectivity index (χ4v) is 2.21. The van der Waals surface area contributed by atoms with Crippen molar-refractivity contribution in [3.05, 3.63) is 35.3 Å². The average Bonchev–Trinajstić information content (AvgIpc) is 2.65. The fraction of sp³-hybridized carbons (Fsp3) is 0.250. The van der Waals surface area contributed by atoms with Crippen LogP contribution in [0.1, 0.15) is 25.3 Å². The van der Waals surface area contributed by atoms with Crippen molar-refractivity contribution in [1.82, 2.24) is 4.98 Å². The monoisotopic (exact) mass is 218 g/mol. The molecule has 3 heteroatoms. The molecule has 0 radical (unpaired) electrons. The van der Waals surface area contributed by atoms with Crippen LogP contribution in [0.3, 0.4) is 0 Å². The number of nitrogen functional groups attached to an aromatic ring is 1. The molecule has 0 atom stereocenters. The summed E-state index contributed by atoms with van der Waals surface area (Å²) in [5.74, 6) is 1.19. The highest BCUT2D eigenvalue weighted by molar-refractivity contribution is 7.13. The quantitative estimate of drug-likeness (QED) is 0.837. The van der Waals surface area contributed by atoms with Crippen molar-refractivity contribution in [2.75, 3.05) is 5.73 Å². The molecule has 15 heavy (non-hydrogen) atoms. The molecule has 2 N–H and O–H groups in total. The number of rotatable bonds is 2. The normalized spacial score (nSPS) is 10.9. The van der Waals surface area contributed by atoms with Gasteiger partial charge in [0, 0.05) is 0 Å². The van der Waals surface area contributed by atoms with Gasteiger partial charge in [-0.2, -0.15) is 0 Å². The second-order valence-electron chi connectivity index (χ2n) is 3.84. The van der Waals surface area contributed by atoms with Gasteiger partial charge in [0.15, 0.2) is 0 Å². The minimum Gasteiger partial charge on any atom is -0.382 e. The first kappa shape index (κ1) is 10.2. The van der Waals surface area contributed by atoms with Gasteiger partial charge in [0.05, 0.1) is 10.4 Å².